The summed E-state index contributed by atoms with van der Waals surface area (Å²) in [7, 11) is 0. The first-order chi connectivity index (χ1) is 9.97. The molecule has 0 aliphatic heterocycles. The van der Waals surface area contributed by atoms with E-state index in [9.17, 15) is 9.90 Å². The summed E-state index contributed by atoms with van der Waals surface area (Å²) >= 11 is 17.4. The van der Waals surface area contributed by atoms with Crippen LogP contribution >= 0.6 is 34.8 Å². The lowest BCUT2D eigenvalue weighted by Crippen LogP contribution is -2.28. The molecule has 0 radical (unpaired) electrons. The molecule has 110 valence electrons. The average Bonchev–Trinajstić information content (AvgIpc) is 2.43. The first kappa shape index (κ1) is 16.0. The van der Waals surface area contributed by atoms with E-state index in [4.69, 9.17) is 34.8 Å². The lowest BCUT2D eigenvalue weighted by Gasteiger charge is -2.13. The molecule has 0 aliphatic carbocycles. The van der Waals surface area contributed by atoms with Crippen molar-refractivity contribution in [3.05, 3.63) is 62.9 Å². The van der Waals surface area contributed by atoms with Gasteiger partial charge in [0.25, 0.3) is 5.91 Å². The Kier molecular flexibility index (Phi) is 5.42. The molecule has 0 fully saturated rings. The molecule has 1 aromatic carbocycles. The van der Waals surface area contributed by atoms with Gasteiger partial charge in [-0.05, 0) is 18.2 Å². The lowest BCUT2D eigenvalue weighted by molar-refractivity contribution is 0.0916. The van der Waals surface area contributed by atoms with Crippen LogP contribution in [-0.2, 0) is 0 Å². The molecule has 21 heavy (non-hydrogen) atoms. The van der Waals surface area contributed by atoms with Crippen molar-refractivity contribution >= 4 is 40.7 Å². The Morgan fingerprint density at radius 3 is 2.43 bits per heavy atom. The SMILES string of the molecule is O=C(NCC(O)c1ccccc1Cl)c1cc(Cl)nc(Cl)c1. The van der Waals surface area contributed by atoms with Gasteiger partial charge >= 0.3 is 0 Å². The first-order valence-corrected chi connectivity index (χ1v) is 7.14. The molecule has 0 bridgehead atoms. The van der Waals surface area contributed by atoms with Crippen molar-refractivity contribution in [2.75, 3.05) is 6.54 Å². The molecule has 1 unspecified atom stereocenters. The van der Waals surface area contributed by atoms with Gasteiger partial charge in [-0.15, -0.1) is 0 Å². The molecular weight excluding hydrogens is 335 g/mol. The normalized spacial score (nSPS) is 12.0. The van der Waals surface area contributed by atoms with E-state index in [2.05, 4.69) is 10.3 Å². The first-order valence-electron chi connectivity index (χ1n) is 6.01. The van der Waals surface area contributed by atoms with E-state index in [1.54, 1.807) is 24.3 Å². The molecule has 0 saturated carbocycles. The van der Waals surface area contributed by atoms with E-state index in [1.165, 1.54) is 12.1 Å². The number of aliphatic hydroxyl groups excluding tert-OH is 1. The minimum Gasteiger partial charge on any atom is -0.387 e. The van der Waals surface area contributed by atoms with Crippen molar-refractivity contribution < 1.29 is 9.90 Å². The Morgan fingerprint density at radius 2 is 1.81 bits per heavy atom. The highest BCUT2D eigenvalue weighted by Crippen LogP contribution is 2.22. The molecule has 2 aromatic rings. The molecule has 0 aliphatic rings. The monoisotopic (exact) mass is 344 g/mol. The molecule has 0 spiro atoms. The van der Waals surface area contributed by atoms with Crippen molar-refractivity contribution in [2.45, 2.75) is 6.10 Å². The van der Waals surface area contributed by atoms with E-state index < -0.39 is 12.0 Å². The Hall–Kier alpha value is -1.33. The Bertz CT molecular complexity index is 644. The second-order valence-corrected chi connectivity index (χ2v) is 5.43. The number of pyridine rings is 1. The number of amides is 1. The second kappa shape index (κ2) is 7.09. The third kappa shape index (κ3) is 4.32. The average molecular weight is 346 g/mol. The fraction of sp³-hybridized carbons (Fsp3) is 0.143. The predicted octanol–water partition coefficient (Wildman–Crippen LogP) is 3.51. The highest BCUT2D eigenvalue weighted by molar-refractivity contribution is 6.33. The van der Waals surface area contributed by atoms with Gasteiger partial charge in [0.2, 0.25) is 0 Å². The Morgan fingerprint density at radius 1 is 1.19 bits per heavy atom. The van der Waals surface area contributed by atoms with Crippen molar-refractivity contribution in [2.24, 2.45) is 0 Å². The number of nitrogens with zero attached hydrogens (tertiary/aromatic N) is 1. The summed E-state index contributed by atoms with van der Waals surface area (Å²) in [4.78, 5) is 15.7. The Labute approximate surface area is 136 Å². The number of carbonyl (C=O) groups excluding carboxylic acids is 1. The maximum atomic E-state index is 12.0. The van der Waals surface area contributed by atoms with E-state index in [0.717, 1.165) is 0 Å². The quantitative estimate of drug-likeness (QED) is 0.834. The highest BCUT2D eigenvalue weighted by atomic mass is 35.5. The molecular formula is C14H11Cl3N2O2. The summed E-state index contributed by atoms with van der Waals surface area (Å²) in [5.41, 5.74) is 0.816. The number of rotatable bonds is 4. The molecule has 2 rings (SSSR count). The summed E-state index contributed by atoms with van der Waals surface area (Å²) in [5.74, 6) is -0.410. The van der Waals surface area contributed by atoms with Gasteiger partial charge in [-0.2, -0.15) is 0 Å². The predicted molar refractivity (Wildman–Crippen MR) is 83.0 cm³/mol. The lowest BCUT2D eigenvalue weighted by atomic mass is 10.1. The van der Waals surface area contributed by atoms with E-state index in [0.29, 0.717) is 10.6 Å². The van der Waals surface area contributed by atoms with Crippen LogP contribution in [0.25, 0.3) is 0 Å². The molecule has 2 N–H and O–H groups in total. The fourth-order valence-electron chi connectivity index (χ4n) is 1.74. The maximum absolute atomic E-state index is 12.0. The standard InChI is InChI=1S/C14H11Cl3N2O2/c15-10-4-2-1-3-9(10)11(20)7-18-14(21)8-5-12(16)19-13(17)6-8/h1-6,11,20H,7H2,(H,18,21). The second-order valence-electron chi connectivity index (χ2n) is 4.25. The molecule has 1 heterocycles. The largest absolute Gasteiger partial charge is 0.387 e. The van der Waals surface area contributed by atoms with Crippen LogP contribution < -0.4 is 5.32 Å². The minimum atomic E-state index is -0.907. The van der Waals surface area contributed by atoms with Crippen molar-refractivity contribution in [1.29, 1.82) is 0 Å². The van der Waals surface area contributed by atoms with E-state index in [-0.39, 0.29) is 22.4 Å². The van der Waals surface area contributed by atoms with Crippen LogP contribution in [0.5, 0.6) is 0 Å². The fourth-order valence-corrected chi connectivity index (χ4v) is 2.46. The van der Waals surface area contributed by atoms with Crippen LogP contribution in [0.2, 0.25) is 15.3 Å². The third-order valence-electron chi connectivity index (χ3n) is 2.75. The van der Waals surface area contributed by atoms with Gasteiger partial charge in [0.15, 0.2) is 0 Å². The number of nitrogens with one attached hydrogen (secondary N) is 1. The van der Waals surface area contributed by atoms with E-state index >= 15 is 0 Å². The number of benzene rings is 1. The molecule has 7 heteroatoms. The van der Waals surface area contributed by atoms with Gasteiger partial charge in [-0.3, -0.25) is 4.79 Å². The molecule has 4 nitrogen and oxygen atoms in total. The van der Waals surface area contributed by atoms with Crippen LogP contribution in [0.15, 0.2) is 36.4 Å². The zero-order chi connectivity index (χ0) is 15.4. The molecule has 0 saturated heterocycles. The third-order valence-corrected chi connectivity index (χ3v) is 3.48. The van der Waals surface area contributed by atoms with Crippen molar-refractivity contribution in [1.82, 2.24) is 10.3 Å². The zero-order valence-electron chi connectivity index (χ0n) is 10.7. The van der Waals surface area contributed by atoms with Gasteiger partial charge in [0.05, 0.1) is 6.10 Å². The topological polar surface area (TPSA) is 62.2 Å². The maximum Gasteiger partial charge on any atom is 0.251 e. The van der Waals surface area contributed by atoms with Crippen molar-refractivity contribution in [3.63, 3.8) is 0 Å². The van der Waals surface area contributed by atoms with Gasteiger partial charge in [0, 0.05) is 22.7 Å². The van der Waals surface area contributed by atoms with Crippen LogP contribution in [0.1, 0.15) is 22.0 Å². The van der Waals surface area contributed by atoms with Crippen LogP contribution in [0.3, 0.4) is 0 Å². The van der Waals surface area contributed by atoms with Crippen molar-refractivity contribution in [3.8, 4) is 0 Å². The van der Waals surface area contributed by atoms with Crippen LogP contribution in [-0.4, -0.2) is 22.5 Å². The summed E-state index contributed by atoms with van der Waals surface area (Å²) in [6.07, 6.45) is -0.907. The number of hydrogen-bond acceptors (Lipinski definition) is 3. The summed E-state index contributed by atoms with van der Waals surface area (Å²) in [6, 6.07) is 9.67. The summed E-state index contributed by atoms with van der Waals surface area (Å²) in [5, 5.41) is 13.3. The highest BCUT2D eigenvalue weighted by Gasteiger charge is 2.14. The number of carbonyl (C=O) groups is 1. The number of halogens is 3. The molecule has 1 atom stereocenters. The summed E-state index contributed by atoms with van der Waals surface area (Å²) < 4.78 is 0. The number of aliphatic hydroxyl groups is 1. The number of hydrogen-bond donors (Lipinski definition) is 2. The van der Waals surface area contributed by atoms with Gasteiger partial charge in [0.1, 0.15) is 10.3 Å². The van der Waals surface area contributed by atoms with Crippen LogP contribution in [0, 0.1) is 0 Å². The summed E-state index contributed by atoms with van der Waals surface area (Å²) in [6.45, 7) is 0.0140. The minimum absolute atomic E-state index is 0.0140. The van der Waals surface area contributed by atoms with Crippen LogP contribution in [0.4, 0.5) is 0 Å². The molecule has 1 aromatic heterocycles. The van der Waals surface area contributed by atoms with Gasteiger partial charge in [-0.1, -0.05) is 53.0 Å². The Balaban J connectivity index is 2.02. The van der Waals surface area contributed by atoms with Gasteiger partial charge in [-0.25, -0.2) is 4.98 Å². The zero-order valence-corrected chi connectivity index (χ0v) is 13.0. The smallest absolute Gasteiger partial charge is 0.251 e. The molecule has 1 amide bonds. The van der Waals surface area contributed by atoms with E-state index in [1.807, 2.05) is 0 Å². The number of aromatic nitrogens is 1. The van der Waals surface area contributed by atoms with Gasteiger partial charge < -0.3 is 10.4 Å².